The van der Waals surface area contributed by atoms with Gasteiger partial charge in [0.25, 0.3) is 0 Å². The van der Waals surface area contributed by atoms with Gasteiger partial charge in [0.05, 0.1) is 21.4 Å². The molecular formula is C20H22Cl4N4O2. The fraction of sp³-hybridized carbons (Fsp3) is 0.300. The molecule has 2 aromatic carbocycles. The summed E-state index contributed by atoms with van der Waals surface area (Å²) in [6, 6.07) is 9.09. The van der Waals surface area contributed by atoms with Crippen molar-refractivity contribution < 1.29 is 9.59 Å². The number of halogens is 4. The molecule has 0 aliphatic heterocycles. The van der Waals surface area contributed by atoms with Crippen molar-refractivity contribution in [2.45, 2.75) is 25.7 Å². The Morgan fingerprint density at radius 1 is 0.633 bits per heavy atom. The summed E-state index contributed by atoms with van der Waals surface area (Å²) in [5, 5.41) is 12.7. The van der Waals surface area contributed by atoms with E-state index in [0.29, 0.717) is 44.6 Å². The first-order chi connectivity index (χ1) is 14.3. The zero-order chi connectivity index (χ0) is 21.9. The van der Waals surface area contributed by atoms with Gasteiger partial charge in [-0.15, -0.1) is 0 Å². The predicted molar refractivity (Wildman–Crippen MR) is 125 cm³/mol. The standard InChI is InChI=1S/C20H22Cl4N4O2/c21-13-5-7-17(15(23)11-13)27-19(29)25-9-3-1-2-4-10-26-20(30)28-18-8-6-14(22)12-16(18)24/h5-8,11-12H,1-4,9-10H2,(H2,25,27,29)(H2,26,28,30). The monoisotopic (exact) mass is 490 g/mol. The third-order valence-corrected chi connectivity index (χ3v) is 5.13. The van der Waals surface area contributed by atoms with Gasteiger partial charge < -0.3 is 21.3 Å². The Morgan fingerprint density at radius 2 is 1.03 bits per heavy atom. The molecule has 0 saturated heterocycles. The van der Waals surface area contributed by atoms with Crippen LogP contribution in [0.5, 0.6) is 0 Å². The minimum Gasteiger partial charge on any atom is -0.338 e. The maximum absolute atomic E-state index is 11.9. The Labute approximate surface area is 195 Å². The first kappa shape index (κ1) is 24.4. The summed E-state index contributed by atoms with van der Waals surface area (Å²) in [6.45, 7) is 1.08. The summed E-state index contributed by atoms with van der Waals surface area (Å²) in [4.78, 5) is 23.7. The summed E-state index contributed by atoms with van der Waals surface area (Å²) >= 11 is 23.7. The number of urea groups is 2. The van der Waals surface area contributed by atoms with Gasteiger partial charge in [-0.3, -0.25) is 0 Å². The van der Waals surface area contributed by atoms with Gasteiger partial charge in [0.1, 0.15) is 0 Å². The molecular weight excluding hydrogens is 470 g/mol. The first-order valence-corrected chi connectivity index (χ1v) is 10.9. The topological polar surface area (TPSA) is 82.3 Å². The molecule has 0 bridgehead atoms. The van der Waals surface area contributed by atoms with Crippen LogP contribution in [0.2, 0.25) is 20.1 Å². The van der Waals surface area contributed by atoms with Crippen LogP contribution in [0.1, 0.15) is 25.7 Å². The number of benzene rings is 2. The van der Waals surface area contributed by atoms with Gasteiger partial charge >= 0.3 is 12.1 Å². The van der Waals surface area contributed by atoms with E-state index >= 15 is 0 Å². The van der Waals surface area contributed by atoms with Crippen LogP contribution >= 0.6 is 46.4 Å². The molecule has 0 aliphatic carbocycles. The first-order valence-electron chi connectivity index (χ1n) is 9.35. The van der Waals surface area contributed by atoms with Crippen molar-refractivity contribution in [1.82, 2.24) is 10.6 Å². The van der Waals surface area contributed by atoms with Gasteiger partial charge in [-0.25, -0.2) is 9.59 Å². The minimum atomic E-state index is -0.321. The normalized spacial score (nSPS) is 10.4. The lowest BCUT2D eigenvalue weighted by Crippen LogP contribution is -2.30. The zero-order valence-electron chi connectivity index (χ0n) is 16.0. The average Bonchev–Trinajstić information content (AvgIpc) is 2.68. The summed E-state index contributed by atoms with van der Waals surface area (Å²) in [5.74, 6) is 0. The molecule has 4 N–H and O–H groups in total. The van der Waals surface area contributed by atoms with E-state index in [0.717, 1.165) is 25.7 Å². The Balaban J connectivity index is 1.51. The summed E-state index contributed by atoms with van der Waals surface area (Å²) < 4.78 is 0. The minimum absolute atomic E-state index is 0.321. The fourth-order valence-electron chi connectivity index (χ4n) is 2.52. The SMILES string of the molecule is O=C(NCCCCCCNC(=O)Nc1ccc(Cl)cc1Cl)Nc1ccc(Cl)cc1Cl. The number of nitrogens with one attached hydrogen (secondary N) is 4. The van der Waals surface area contributed by atoms with Gasteiger partial charge in [0, 0.05) is 23.1 Å². The van der Waals surface area contributed by atoms with E-state index in [1.165, 1.54) is 0 Å². The molecule has 4 amide bonds. The second kappa shape index (κ2) is 12.7. The lowest BCUT2D eigenvalue weighted by Gasteiger charge is -2.10. The molecule has 30 heavy (non-hydrogen) atoms. The molecule has 0 spiro atoms. The number of amides is 4. The lowest BCUT2D eigenvalue weighted by atomic mass is 10.2. The lowest BCUT2D eigenvalue weighted by molar-refractivity contribution is 0.250. The van der Waals surface area contributed by atoms with Crippen LogP contribution in [0.15, 0.2) is 36.4 Å². The number of hydrogen-bond acceptors (Lipinski definition) is 2. The summed E-state index contributed by atoms with van der Waals surface area (Å²) in [5.41, 5.74) is 1.01. The third kappa shape index (κ3) is 8.88. The number of rotatable bonds is 9. The van der Waals surface area contributed by atoms with Crippen molar-refractivity contribution in [2.24, 2.45) is 0 Å². The Kier molecular flexibility index (Phi) is 10.4. The summed E-state index contributed by atoms with van der Waals surface area (Å²) in [7, 11) is 0. The van der Waals surface area contributed by atoms with Gasteiger partial charge in [-0.1, -0.05) is 59.2 Å². The third-order valence-electron chi connectivity index (χ3n) is 4.03. The molecule has 0 saturated carbocycles. The molecule has 10 heteroatoms. The molecule has 162 valence electrons. The molecule has 0 aliphatic rings. The van der Waals surface area contributed by atoms with Crippen molar-refractivity contribution >= 4 is 69.8 Å². The van der Waals surface area contributed by atoms with Crippen LogP contribution in [-0.4, -0.2) is 25.2 Å². The maximum atomic E-state index is 11.9. The number of unbranched alkanes of at least 4 members (excludes halogenated alkanes) is 3. The predicted octanol–water partition coefficient (Wildman–Crippen LogP) is 6.80. The second-order valence-electron chi connectivity index (χ2n) is 6.42. The van der Waals surface area contributed by atoms with E-state index in [9.17, 15) is 9.59 Å². The number of anilines is 2. The van der Waals surface area contributed by atoms with E-state index in [1.807, 2.05) is 0 Å². The van der Waals surface area contributed by atoms with Crippen molar-refractivity contribution in [3.05, 3.63) is 56.5 Å². The van der Waals surface area contributed by atoms with Crippen LogP contribution < -0.4 is 21.3 Å². The molecule has 0 fully saturated rings. The Hall–Kier alpha value is -1.86. The van der Waals surface area contributed by atoms with E-state index in [2.05, 4.69) is 21.3 Å². The van der Waals surface area contributed by atoms with Crippen LogP contribution in [0.3, 0.4) is 0 Å². The fourth-order valence-corrected chi connectivity index (χ4v) is 3.43. The molecule has 2 rings (SSSR count). The quantitative estimate of drug-likeness (QED) is 0.291. The van der Waals surface area contributed by atoms with E-state index < -0.39 is 0 Å². The highest BCUT2D eigenvalue weighted by molar-refractivity contribution is 6.37. The maximum Gasteiger partial charge on any atom is 0.319 e. The second-order valence-corrected chi connectivity index (χ2v) is 8.11. The van der Waals surface area contributed by atoms with Gasteiger partial charge in [-0.2, -0.15) is 0 Å². The molecule has 0 radical (unpaired) electrons. The van der Waals surface area contributed by atoms with Crippen LogP contribution in [0.4, 0.5) is 21.0 Å². The Bertz CT molecular complexity index is 808. The highest BCUT2D eigenvalue weighted by Crippen LogP contribution is 2.26. The van der Waals surface area contributed by atoms with Crippen molar-refractivity contribution in [2.75, 3.05) is 23.7 Å². The van der Waals surface area contributed by atoms with E-state index in [1.54, 1.807) is 36.4 Å². The van der Waals surface area contributed by atoms with E-state index in [-0.39, 0.29) is 12.1 Å². The zero-order valence-corrected chi connectivity index (χ0v) is 19.1. The molecule has 0 atom stereocenters. The van der Waals surface area contributed by atoms with Crippen LogP contribution in [0, 0.1) is 0 Å². The average molecular weight is 492 g/mol. The molecule has 2 aromatic rings. The highest BCUT2D eigenvalue weighted by Gasteiger charge is 2.07. The van der Waals surface area contributed by atoms with Crippen LogP contribution in [-0.2, 0) is 0 Å². The largest absolute Gasteiger partial charge is 0.338 e. The smallest absolute Gasteiger partial charge is 0.319 e. The van der Waals surface area contributed by atoms with Gasteiger partial charge in [-0.05, 0) is 49.2 Å². The number of carbonyl (C=O) groups excluding carboxylic acids is 2. The van der Waals surface area contributed by atoms with Crippen LogP contribution in [0.25, 0.3) is 0 Å². The molecule has 0 unspecified atom stereocenters. The van der Waals surface area contributed by atoms with Gasteiger partial charge in [0.2, 0.25) is 0 Å². The number of carbonyl (C=O) groups is 2. The van der Waals surface area contributed by atoms with Crippen molar-refractivity contribution in [3.8, 4) is 0 Å². The van der Waals surface area contributed by atoms with Crippen molar-refractivity contribution in [1.29, 1.82) is 0 Å². The van der Waals surface area contributed by atoms with Gasteiger partial charge in [0.15, 0.2) is 0 Å². The Morgan fingerprint density at radius 3 is 1.40 bits per heavy atom. The molecule has 0 aromatic heterocycles. The van der Waals surface area contributed by atoms with Crippen molar-refractivity contribution in [3.63, 3.8) is 0 Å². The van der Waals surface area contributed by atoms with E-state index in [4.69, 9.17) is 46.4 Å². The molecule has 0 heterocycles. The highest BCUT2D eigenvalue weighted by atomic mass is 35.5. The summed E-state index contributed by atoms with van der Waals surface area (Å²) in [6.07, 6.45) is 3.51. The number of hydrogen-bond donors (Lipinski definition) is 4. The molecule has 6 nitrogen and oxygen atoms in total.